The average Bonchev–Trinajstić information content (AvgIpc) is 3.28. The van der Waals surface area contributed by atoms with Crippen molar-refractivity contribution >= 4 is 22.6 Å². The summed E-state index contributed by atoms with van der Waals surface area (Å²) in [5.74, 6) is 1.32. The molecule has 1 atom stereocenters. The zero-order valence-corrected chi connectivity index (χ0v) is 21.2. The molecule has 8 nitrogen and oxygen atoms in total. The summed E-state index contributed by atoms with van der Waals surface area (Å²) in [5, 5.41) is 0.651. The van der Waals surface area contributed by atoms with Crippen molar-refractivity contribution in [1.82, 2.24) is 9.97 Å². The zero-order valence-electron chi connectivity index (χ0n) is 21.2. The van der Waals surface area contributed by atoms with Crippen LogP contribution in [0.1, 0.15) is 26.5 Å². The lowest BCUT2D eigenvalue weighted by Gasteiger charge is -2.13. The molecule has 1 aromatic carbocycles. The average molecular weight is 493 g/mol. The second-order valence-corrected chi connectivity index (χ2v) is 8.04. The maximum atomic E-state index is 11.5. The zero-order chi connectivity index (χ0) is 25.9. The molecule has 190 valence electrons. The number of carbonyl (C=O) groups is 1. The Morgan fingerprint density at radius 2 is 1.94 bits per heavy atom. The topological polar surface area (TPSA) is 92.9 Å². The van der Waals surface area contributed by atoms with E-state index in [9.17, 15) is 4.79 Å². The first-order valence-electron chi connectivity index (χ1n) is 11.7. The van der Waals surface area contributed by atoms with E-state index in [1.807, 2.05) is 62.4 Å². The Morgan fingerprint density at radius 1 is 1.17 bits per heavy atom. The number of ether oxygens (including phenoxy) is 4. The number of aromatic nitrogens is 2. The van der Waals surface area contributed by atoms with Crippen molar-refractivity contribution in [2.75, 3.05) is 33.5 Å². The summed E-state index contributed by atoms with van der Waals surface area (Å²) >= 11 is 0. The number of esters is 1. The van der Waals surface area contributed by atoms with Crippen molar-refractivity contribution in [1.29, 1.82) is 0 Å². The van der Waals surface area contributed by atoms with E-state index in [0.717, 1.165) is 16.9 Å². The number of fused-ring (bicyclic) bond motifs is 1. The standard InChI is InChI=1S/C28H32N2O6/c1-6-8-9-10-20(4)26-24(21-11-13-22(32-5)14-12-21)25-27(29-18-30-28(25)36-26)35-16-19(3)15-33-17-23(31)34-7-2/h6,8-14,18-19H,4,7,15-17H2,1-3,5H3/b8-6-,10-9-. The molecule has 0 amide bonds. The van der Waals surface area contributed by atoms with E-state index in [1.54, 1.807) is 14.0 Å². The van der Waals surface area contributed by atoms with Gasteiger partial charge in [-0.3, -0.25) is 0 Å². The molecule has 3 rings (SSSR count). The van der Waals surface area contributed by atoms with Gasteiger partial charge in [-0.2, -0.15) is 0 Å². The van der Waals surface area contributed by atoms with Crippen LogP contribution in [0.4, 0.5) is 0 Å². The van der Waals surface area contributed by atoms with Crippen LogP contribution in [-0.2, 0) is 14.3 Å². The highest BCUT2D eigenvalue weighted by molar-refractivity contribution is 6.02. The monoisotopic (exact) mass is 492 g/mol. The number of furan rings is 1. The molecule has 0 radical (unpaired) electrons. The minimum atomic E-state index is -0.387. The summed E-state index contributed by atoms with van der Waals surface area (Å²) in [7, 11) is 1.62. The number of hydrogen-bond donors (Lipinski definition) is 0. The fourth-order valence-corrected chi connectivity index (χ4v) is 3.45. The molecule has 2 aromatic heterocycles. The smallest absolute Gasteiger partial charge is 0.332 e. The highest BCUT2D eigenvalue weighted by Crippen LogP contribution is 2.41. The van der Waals surface area contributed by atoms with Gasteiger partial charge >= 0.3 is 5.97 Å². The van der Waals surface area contributed by atoms with Gasteiger partial charge in [-0.15, -0.1) is 0 Å². The molecule has 0 bridgehead atoms. The molecule has 1 unspecified atom stereocenters. The molecule has 0 aliphatic heterocycles. The highest BCUT2D eigenvalue weighted by atomic mass is 16.6. The summed E-state index contributed by atoms with van der Waals surface area (Å²) in [4.78, 5) is 20.2. The number of methoxy groups -OCH3 is 1. The lowest BCUT2D eigenvalue weighted by Crippen LogP contribution is -2.19. The lowest BCUT2D eigenvalue weighted by atomic mass is 9.99. The van der Waals surface area contributed by atoms with Crippen LogP contribution in [0.2, 0.25) is 0 Å². The number of allylic oxidation sites excluding steroid dienone is 5. The molecule has 3 aromatic rings. The first-order valence-corrected chi connectivity index (χ1v) is 11.7. The van der Waals surface area contributed by atoms with Gasteiger partial charge in [0.15, 0.2) is 0 Å². The molecular formula is C28H32N2O6. The van der Waals surface area contributed by atoms with Crippen LogP contribution in [0.25, 0.3) is 27.8 Å². The number of hydrogen-bond acceptors (Lipinski definition) is 8. The van der Waals surface area contributed by atoms with Crippen molar-refractivity contribution < 1.29 is 28.2 Å². The summed E-state index contributed by atoms with van der Waals surface area (Å²) in [6.45, 7) is 10.7. The molecule has 0 N–H and O–H groups in total. The van der Waals surface area contributed by atoms with Crippen LogP contribution >= 0.6 is 0 Å². The molecule has 8 heteroatoms. The molecule has 2 heterocycles. The molecule has 0 saturated heterocycles. The third-order valence-corrected chi connectivity index (χ3v) is 5.16. The van der Waals surface area contributed by atoms with Crippen LogP contribution in [-0.4, -0.2) is 49.5 Å². The molecule has 0 spiro atoms. The fraction of sp³-hybridized carbons (Fsp3) is 0.321. The van der Waals surface area contributed by atoms with E-state index in [4.69, 9.17) is 23.4 Å². The van der Waals surface area contributed by atoms with E-state index in [1.165, 1.54) is 6.33 Å². The van der Waals surface area contributed by atoms with Crippen molar-refractivity contribution in [3.63, 3.8) is 0 Å². The van der Waals surface area contributed by atoms with Crippen molar-refractivity contribution in [2.45, 2.75) is 20.8 Å². The van der Waals surface area contributed by atoms with Gasteiger partial charge in [-0.1, -0.05) is 49.9 Å². The molecule has 0 fully saturated rings. The van der Waals surface area contributed by atoms with Crippen molar-refractivity contribution in [3.05, 3.63) is 67.2 Å². The Morgan fingerprint density at radius 3 is 2.64 bits per heavy atom. The summed E-state index contributed by atoms with van der Waals surface area (Å²) in [6, 6.07) is 7.64. The predicted molar refractivity (Wildman–Crippen MR) is 139 cm³/mol. The minimum absolute atomic E-state index is 0.000945. The maximum absolute atomic E-state index is 11.5. The Hall–Kier alpha value is -3.91. The van der Waals surface area contributed by atoms with Crippen LogP contribution in [0, 0.1) is 5.92 Å². The SMILES string of the molecule is C=C(/C=C\C=C/C)c1oc2ncnc(OCC(C)COCC(=O)OCC)c2c1-c1ccc(OC)cc1. The summed E-state index contributed by atoms with van der Waals surface area (Å²) in [5.41, 5.74) is 2.75. The molecule has 36 heavy (non-hydrogen) atoms. The Bertz CT molecular complexity index is 1230. The molecule has 0 saturated carbocycles. The predicted octanol–water partition coefficient (Wildman–Crippen LogP) is 5.64. The largest absolute Gasteiger partial charge is 0.497 e. The minimum Gasteiger partial charge on any atom is -0.497 e. The fourth-order valence-electron chi connectivity index (χ4n) is 3.45. The Balaban J connectivity index is 1.91. The third kappa shape index (κ3) is 6.82. The van der Waals surface area contributed by atoms with Crippen molar-refractivity contribution in [3.8, 4) is 22.8 Å². The van der Waals surface area contributed by atoms with Gasteiger partial charge in [-0.05, 0) is 31.5 Å². The van der Waals surface area contributed by atoms with E-state index < -0.39 is 0 Å². The molecular weight excluding hydrogens is 460 g/mol. The Labute approximate surface area is 211 Å². The van der Waals surface area contributed by atoms with Crippen LogP contribution in [0.3, 0.4) is 0 Å². The van der Waals surface area contributed by atoms with Gasteiger partial charge in [0.05, 0.1) is 26.9 Å². The van der Waals surface area contributed by atoms with E-state index in [-0.39, 0.29) is 18.5 Å². The van der Waals surface area contributed by atoms with E-state index in [2.05, 4.69) is 16.5 Å². The van der Waals surface area contributed by atoms with E-state index >= 15 is 0 Å². The number of nitrogens with zero attached hydrogens (tertiary/aromatic N) is 2. The second kappa shape index (κ2) is 13.3. The first-order chi connectivity index (χ1) is 17.5. The Kier molecular flexibility index (Phi) is 9.82. The van der Waals surface area contributed by atoms with Gasteiger partial charge < -0.3 is 23.4 Å². The highest BCUT2D eigenvalue weighted by Gasteiger charge is 2.23. The second-order valence-electron chi connectivity index (χ2n) is 8.04. The van der Waals surface area contributed by atoms with E-state index in [0.29, 0.717) is 48.1 Å². The van der Waals surface area contributed by atoms with Crippen LogP contribution in [0.5, 0.6) is 11.6 Å². The maximum Gasteiger partial charge on any atom is 0.332 e. The van der Waals surface area contributed by atoms with Crippen molar-refractivity contribution in [2.24, 2.45) is 5.92 Å². The lowest BCUT2D eigenvalue weighted by molar-refractivity contribution is -0.148. The normalized spacial score (nSPS) is 12.3. The summed E-state index contributed by atoms with van der Waals surface area (Å²) < 4.78 is 27.9. The first kappa shape index (κ1) is 26.7. The number of rotatable bonds is 13. The third-order valence-electron chi connectivity index (χ3n) is 5.16. The molecule has 0 aliphatic carbocycles. The van der Waals surface area contributed by atoms with Gasteiger partial charge in [-0.25, -0.2) is 14.8 Å². The van der Waals surface area contributed by atoms with Crippen LogP contribution in [0.15, 0.2) is 65.9 Å². The van der Waals surface area contributed by atoms with Gasteiger partial charge in [0.25, 0.3) is 0 Å². The van der Waals surface area contributed by atoms with Gasteiger partial charge in [0.1, 0.15) is 29.8 Å². The van der Waals surface area contributed by atoms with Crippen LogP contribution < -0.4 is 9.47 Å². The molecule has 0 aliphatic rings. The van der Waals surface area contributed by atoms with Gasteiger partial charge in [0.2, 0.25) is 11.6 Å². The quantitative estimate of drug-likeness (QED) is 0.224. The van der Waals surface area contributed by atoms with Gasteiger partial charge in [0, 0.05) is 17.1 Å². The number of benzene rings is 1. The summed E-state index contributed by atoms with van der Waals surface area (Å²) in [6.07, 6.45) is 9.03. The number of carbonyl (C=O) groups excluding carboxylic acids is 1.